The summed E-state index contributed by atoms with van der Waals surface area (Å²) >= 11 is 0. The molecule has 1 aliphatic heterocycles. The number of methoxy groups -OCH3 is 1. The molecule has 1 heterocycles. The highest BCUT2D eigenvalue weighted by molar-refractivity contribution is 5.71. The molecule has 5 heteroatoms. The topological polar surface area (TPSA) is 48.0 Å². The van der Waals surface area contributed by atoms with Crippen LogP contribution in [0.5, 0.6) is 11.5 Å². The highest BCUT2D eigenvalue weighted by Gasteiger charge is 2.23. The lowest BCUT2D eigenvalue weighted by atomic mass is 10.2. The molecule has 0 saturated carbocycles. The number of carbonyl (C=O) groups is 1. The van der Waals surface area contributed by atoms with Crippen LogP contribution in [0.2, 0.25) is 0 Å². The van der Waals surface area contributed by atoms with Crippen LogP contribution in [0.25, 0.3) is 0 Å². The second-order valence-electron chi connectivity index (χ2n) is 4.81. The molecule has 0 spiro atoms. The van der Waals surface area contributed by atoms with Gasteiger partial charge in [-0.05, 0) is 25.1 Å². The third-order valence-corrected chi connectivity index (χ3v) is 3.15. The fourth-order valence-electron chi connectivity index (χ4n) is 2.24. The number of carbonyl (C=O) groups excluding carboxylic acids is 1. The summed E-state index contributed by atoms with van der Waals surface area (Å²) < 4.78 is 16.3. The van der Waals surface area contributed by atoms with Gasteiger partial charge < -0.3 is 14.2 Å². The number of nitrogens with zero attached hydrogens (tertiary/aromatic N) is 1. The van der Waals surface area contributed by atoms with Crippen LogP contribution in [0.4, 0.5) is 0 Å². The van der Waals surface area contributed by atoms with E-state index in [1.807, 2.05) is 29.2 Å². The smallest absolute Gasteiger partial charge is 0.319 e. The van der Waals surface area contributed by atoms with Crippen LogP contribution in [0.1, 0.15) is 13.3 Å². The van der Waals surface area contributed by atoms with Crippen LogP contribution in [0.3, 0.4) is 0 Å². The number of hydrogen-bond donors (Lipinski definition) is 0. The summed E-state index contributed by atoms with van der Waals surface area (Å²) in [6, 6.07) is 7.63. The first-order valence-electron chi connectivity index (χ1n) is 6.90. The van der Waals surface area contributed by atoms with Gasteiger partial charge in [-0.2, -0.15) is 0 Å². The Morgan fingerprint density at radius 2 is 2.15 bits per heavy atom. The molecular weight excluding hydrogens is 258 g/mol. The van der Waals surface area contributed by atoms with Crippen molar-refractivity contribution in [2.45, 2.75) is 19.4 Å². The van der Waals surface area contributed by atoms with Gasteiger partial charge in [-0.3, -0.25) is 9.69 Å². The number of hydrogen-bond acceptors (Lipinski definition) is 5. The summed E-state index contributed by atoms with van der Waals surface area (Å²) in [6.07, 6.45) is 0.905. The van der Waals surface area contributed by atoms with E-state index < -0.39 is 0 Å². The van der Waals surface area contributed by atoms with E-state index in [0.29, 0.717) is 13.2 Å². The predicted octanol–water partition coefficient (Wildman–Crippen LogP) is 1.71. The van der Waals surface area contributed by atoms with Crippen LogP contribution in [0.15, 0.2) is 24.3 Å². The van der Waals surface area contributed by atoms with Gasteiger partial charge in [0.1, 0.15) is 12.7 Å². The lowest BCUT2D eigenvalue weighted by Crippen LogP contribution is -2.43. The van der Waals surface area contributed by atoms with E-state index >= 15 is 0 Å². The first kappa shape index (κ1) is 14.7. The lowest BCUT2D eigenvalue weighted by molar-refractivity contribution is -0.142. The zero-order valence-electron chi connectivity index (χ0n) is 12.0. The fourth-order valence-corrected chi connectivity index (χ4v) is 2.24. The summed E-state index contributed by atoms with van der Waals surface area (Å²) in [6.45, 7) is 4.34. The SMILES string of the molecule is CCCN(CC(=O)OC)CC1COc2ccccc2O1. The average molecular weight is 279 g/mol. The number of ether oxygens (including phenoxy) is 3. The Bertz CT molecular complexity index is 449. The van der Waals surface area contributed by atoms with Gasteiger partial charge in [0.2, 0.25) is 0 Å². The third kappa shape index (κ3) is 3.87. The van der Waals surface area contributed by atoms with E-state index in [2.05, 4.69) is 6.92 Å². The fraction of sp³-hybridized carbons (Fsp3) is 0.533. The summed E-state index contributed by atoms with van der Waals surface area (Å²) in [5.41, 5.74) is 0. The molecule has 1 aromatic rings. The maximum Gasteiger partial charge on any atom is 0.319 e. The number of benzene rings is 1. The average Bonchev–Trinajstić information content (AvgIpc) is 2.47. The van der Waals surface area contributed by atoms with Crippen molar-refractivity contribution in [3.63, 3.8) is 0 Å². The van der Waals surface area contributed by atoms with Gasteiger partial charge in [0.25, 0.3) is 0 Å². The monoisotopic (exact) mass is 279 g/mol. The molecule has 5 nitrogen and oxygen atoms in total. The van der Waals surface area contributed by atoms with Gasteiger partial charge in [0.05, 0.1) is 13.7 Å². The molecule has 1 atom stereocenters. The molecule has 0 radical (unpaired) electrons. The van der Waals surface area contributed by atoms with Gasteiger partial charge in [0, 0.05) is 6.54 Å². The Morgan fingerprint density at radius 3 is 2.85 bits per heavy atom. The molecular formula is C15H21NO4. The van der Waals surface area contributed by atoms with Crippen LogP contribution < -0.4 is 9.47 Å². The molecule has 2 rings (SSSR count). The van der Waals surface area contributed by atoms with Gasteiger partial charge in [0.15, 0.2) is 11.5 Å². The van der Waals surface area contributed by atoms with Gasteiger partial charge in [-0.1, -0.05) is 19.1 Å². The molecule has 0 aliphatic carbocycles. The van der Waals surface area contributed by atoms with Crippen LogP contribution >= 0.6 is 0 Å². The molecule has 110 valence electrons. The Balaban J connectivity index is 1.93. The van der Waals surface area contributed by atoms with E-state index in [9.17, 15) is 4.79 Å². The van der Waals surface area contributed by atoms with Crippen LogP contribution in [-0.4, -0.2) is 50.3 Å². The molecule has 0 aromatic heterocycles. The Labute approximate surface area is 119 Å². The molecule has 1 aromatic carbocycles. The molecule has 0 fully saturated rings. The first-order chi connectivity index (χ1) is 9.72. The van der Waals surface area contributed by atoms with Crippen molar-refractivity contribution < 1.29 is 19.0 Å². The molecule has 1 unspecified atom stereocenters. The molecule has 1 aliphatic rings. The Kier molecular flexibility index (Phi) is 5.24. The normalized spacial score (nSPS) is 17.1. The summed E-state index contributed by atoms with van der Waals surface area (Å²) in [4.78, 5) is 13.4. The molecule has 20 heavy (non-hydrogen) atoms. The number of rotatable bonds is 6. The summed E-state index contributed by atoms with van der Waals surface area (Å²) in [5.74, 6) is 1.31. The Morgan fingerprint density at radius 1 is 1.40 bits per heavy atom. The maximum absolute atomic E-state index is 11.4. The maximum atomic E-state index is 11.4. The largest absolute Gasteiger partial charge is 0.486 e. The first-order valence-corrected chi connectivity index (χ1v) is 6.90. The third-order valence-electron chi connectivity index (χ3n) is 3.15. The number of para-hydroxylation sites is 2. The van der Waals surface area contributed by atoms with Gasteiger partial charge in [-0.15, -0.1) is 0 Å². The quantitative estimate of drug-likeness (QED) is 0.742. The van der Waals surface area contributed by atoms with Gasteiger partial charge >= 0.3 is 5.97 Å². The van der Waals surface area contributed by atoms with Crippen molar-refractivity contribution in [3.05, 3.63) is 24.3 Å². The predicted molar refractivity (Wildman–Crippen MR) is 75.1 cm³/mol. The van der Waals surface area contributed by atoms with E-state index in [1.54, 1.807) is 0 Å². The molecule has 0 saturated heterocycles. The van der Waals surface area contributed by atoms with Crippen LogP contribution in [0, 0.1) is 0 Å². The Hall–Kier alpha value is -1.75. The van der Waals surface area contributed by atoms with Crippen molar-refractivity contribution in [1.29, 1.82) is 0 Å². The zero-order chi connectivity index (χ0) is 14.4. The van der Waals surface area contributed by atoms with Crippen LogP contribution in [-0.2, 0) is 9.53 Å². The molecule has 0 N–H and O–H groups in total. The van der Waals surface area contributed by atoms with E-state index in [0.717, 1.165) is 24.5 Å². The van der Waals surface area contributed by atoms with Crippen molar-refractivity contribution in [1.82, 2.24) is 4.90 Å². The summed E-state index contributed by atoms with van der Waals surface area (Å²) in [7, 11) is 1.41. The van der Waals surface area contributed by atoms with Crippen molar-refractivity contribution in [2.75, 3.05) is 33.4 Å². The standard InChI is InChI=1S/C15H21NO4/c1-3-8-16(10-15(17)18-2)9-12-11-19-13-6-4-5-7-14(13)20-12/h4-7,12H,3,8-11H2,1-2H3. The highest BCUT2D eigenvalue weighted by atomic mass is 16.6. The second kappa shape index (κ2) is 7.14. The second-order valence-corrected chi connectivity index (χ2v) is 4.81. The summed E-state index contributed by atoms with van der Waals surface area (Å²) in [5, 5.41) is 0. The molecule has 0 amide bonds. The molecule has 0 bridgehead atoms. The van der Waals surface area contributed by atoms with Crippen molar-refractivity contribution in [3.8, 4) is 11.5 Å². The minimum atomic E-state index is -0.226. The van der Waals surface area contributed by atoms with Gasteiger partial charge in [-0.25, -0.2) is 0 Å². The minimum absolute atomic E-state index is 0.0684. The van der Waals surface area contributed by atoms with E-state index in [1.165, 1.54) is 7.11 Å². The number of fused-ring (bicyclic) bond motifs is 1. The van der Waals surface area contributed by atoms with E-state index in [4.69, 9.17) is 14.2 Å². The number of esters is 1. The van der Waals surface area contributed by atoms with Crippen molar-refractivity contribution >= 4 is 5.97 Å². The lowest BCUT2D eigenvalue weighted by Gasteiger charge is -2.30. The van der Waals surface area contributed by atoms with E-state index in [-0.39, 0.29) is 18.6 Å². The zero-order valence-corrected chi connectivity index (χ0v) is 12.0. The minimum Gasteiger partial charge on any atom is -0.486 e. The highest BCUT2D eigenvalue weighted by Crippen LogP contribution is 2.30. The van der Waals surface area contributed by atoms with Crippen molar-refractivity contribution in [2.24, 2.45) is 0 Å².